The second-order valence-corrected chi connectivity index (χ2v) is 5.05. The minimum Gasteiger partial charge on any atom is -0.355 e. The van der Waals surface area contributed by atoms with Gasteiger partial charge >= 0.3 is 0 Å². The molecule has 0 aliphatic heterocycles. The average Bonchev–Trinajstić information content (AvgIpc) is 2.13. The molecule has 0 spiro atoms. The van der Waals surface area contributed by atoms with E-state index in [2.05, 4.69) is 10.6 Å². The molecule has 0 aliphatic carbocycles. The zero-order valence-electron chi connectivity index (χ0n) is 11.6. The van der Waals surface area contributed by atoms with Crippen molar-refractivity contribution >= 4 is 11.8 Å². The zero-order chi connectivity index (χ0) is 13.5. The van der Waals surface area contributed by atoms with Crippen molar-refractivity contribution in [2.45, 2.75) is 40.2 Å². The third kappa shape index (κ3) is 8.68. The van der Waals surface area contributed by atoms with Gasteiger partial charge in [0.05, 0.1) is 13.1 Å². The van der Waals surface area contributed by atoms with Gasteiger partial charge in [-0.1, -0.05) is 6.92 Å². The molecule has 0 saturated carbocycles. The lowest BCUT2D eigenvalue weighted by molar-refractivity contribution is -0.125. The highest BCUT2D eigenvalue weighted by atomic mass is 16.2. The van der Waals surface area contributed by atoms with Crippen LogP contribution in [0, 0.1) is 0 Å². The molecule has 0 saturated heterocycles. The highest BCUT2D eigenvalue weighted by Gasteiger charge is 2.17. The van der Waals surface area contributed by atoms with E-state index in [1.807, 2.05) is 39.5 Å². The molecule has 0 aromatic carbocycles. The first-order chi connectivity index (χ1) is 7.78. The molecule has 0 fully saturated rings. The van der Waals surface area contributed by atoms with E-state index in [-0.39, 0.29) is 30.4 Å². The standard InChI is InChI=1S/C12H25N3O2/c1-6-13-10(16)8-15(7-2)9-11(17)14-12(3,4)5/h6-9H2,1-5H3,(H,13,16)(H,14,17). The van der Waals surface area contributed by atoms with Crippen molar-refractivity contribution in [2.24, 2.45) is 0 Å². The monoisotopic (exact) mass is 243 g/mol. The smallest absolute Gasteiger partial charge is 0.234 e. The second-order valence-electron chi connectivity index (χ2n) is 5.05. The lowest BCUT2D eigenvalue weighted by atomic mass is 10.1. The van der Waals surface area contributed by atoms with E-state index in [1.54, 1.807) is 0 Å². The second kappa shape index (κ2) is 7.27. The molecule has 0 radical (unpaired) electrons. The van der Waals surface area contributed by atoms with Crippen molar-refractivity contribution < 1.29 is 9.59 Å². The number of nitrogens with zero attached hydrogens (tertiary/aromatic N) is 1. The Hall–Kier alpha value is -1.10. The van der Waals surface area contributed by atoms with Crippen LogP contribution < -0.4 is 10.6 Å². The van der Waals surface area contributed by atoms with Gasteiger partial charge in [-0.15, -0.1) is 0 Å². The SMILES string of the molecule is CCNC(=O)CN(CC)CC(=O)NC(C)(C)C. The highest BCUT2D eigenvalue weighted by molar-refractivity contribution is 5.81. The Morgan fingerprint density at radius 3 is 2.00 bits per heavy atom. The minimum absolute atomic E-state index is 0.0436. The number of likely N-dealkylation sites (N-methyl/N-ethyl adjacent to an activating group) is 2. The molecule has 100 valence electrons. The van der Waals surface area contributed by atoms with Crippen LogP contribution in [-0.4, -0.2) is 48.4 Å². The summed E-state index contributed by atoms with van der Waals surface area (Å²) in [4.78, 5) is 24.9. The summed E-state index contributed by atoms with van der Waals surface area (Å²) in [7, 11) is 0. The molecule has 0 aliphatic rings. The van der Waals surface area contributed by atoms with Crippen LogP contribution in [0.5, 0.6) is 0 Å². The summed E-state index contributed by atoms with van der Waals surface area (Å²) in [5.41, 5.74) is -0.234. The summed E-state index contributed by atoms with van der Waals surface area (Å²) in [6.07, 6.45) is 0. The average molecular weight is 243 g/mol. The fourth-order valence-electron chi connectivity index (χ4n) is 1.40. The van der Waals surface area contributed by atoms with Crippen molar-refractivity contribution in [2.75, 3.05) is 26.2 Å². The summed E-state index contributed by atoms with van der Waals surface area (Å²) in [5, 5.41) is 5.60. The summed E-state index contributed by atoms with van der Waals surface area (Å²) >= 11 is 0. The van der Waals surface area contributed by atoms with Gasteiger partial charge in [-0.05, 0) is 34.2 Å². The van der Waals surface area contributed by atoms with E-state index < -0.39 is 0 Å². The van der Waals surface area contributed by atoms with Crippen molar-refractivity contribution in [3.05, 3.63) is 0 Å². The molecule has 0 heterocycles. The first kappa shape index (κ1) is 15.9. The number of carbonyl (C=O) groups excluding carboxylic acids is 2. The van der Waals surface area contributed by atoms with E-state index in [0.717, 1.165) is 0 Å². The Bertz CT molecular complexity index is 259. The summed E-state index contributed by atoms with van der Waals surface area (Å²) in [6, 6.07) is 0. The van der Waals surface area contributed by atoms with Crippen molar-refractivity contribution in [1.29, 1.82) is 0 Å². The molecule has 17 heavy (non-hydrogen) atoms. The number of amides is 2. The Labute approximate surface area is 104 Å². The van der Waals surface area contributed by atoms with E-state index in [9.17, 15) is 9.59 Å². The van der Waals surface area contributed by atoms with Gasteiger partial charge in [-0.2, -0.15) is 0 Å². The summed E-state index contributed by atoms with van der Waals surface area (Å²) in [5.74, 6) is -0.0958. The van der Waals surface area contributed by atoms with Crippen LogP contribution in [0.1, 0.15) is 34.6 Å². The maximum atomic E-state index is 11.7. The van der Waals surface area contributed by atoms with Crippen LogP contribution in [0.15, 0.2) is 0 Å². The Morgan fingerprint density at radius 2 is 1.59 bits per heavy atom. The first-order valence-corrected chi connectivity index (χ1v) is 6.08. The highest BCUT2D eigenvalue weighted by Crippen LogP contribution is 1.98. The lowest BCUT2D eigenvalue weighted by Crippen LogP contribution is -2.47. The maximum Gasteiger partial charge on any atom is 0.234 e. The van der Waals surface area contributed by atoms with Gasteiger partial charge in [0.25, 0.3) is 0 Å². The number of hydrogen-bond donors (Lipinski definition) is 2. The van der Waals surface area contributed by atoms with Crippen molar-refractivity contribution in [3.8, 4) is 0 Å². The van der Waals surface area contributed by atoms with Crippen molar-refractivity contribution in [3.63, 3.8) is 0 Å². The largest absolute Gasteiger partial charge is 0.355 e. The molecule has 0 aromatic rings. The summed E-state index contributed by atoms with van der Waals surface area (Å²) < 4.78 is 0. The number of hydrogen-bond acceptors (Lipinski definition) is 3. The quantitative estimate of drug-likeness (QED) is 0.708. The molecule has 5 heteroatoms. The molecule has 0 unspecified atom stereocenters. The molecule has 0 bridgehead atoms. The first-order valence-electron chi connectivity index (χ1n) is 6.08. The van der Waals surface area contributed by atoms with Gasteiger partial charge in [-0.3, -0.25) is 14.5 Å². The van der Waals surface area contributed by atoms with Gasteiger partial charge in [0.15, 0.2) is 0 Å². The predicted molar refractivity (Wildman–Crippen MR) is 68.7 cm³/mol. The normalized spacial score (nSPS) is 11.4. The Kier molecular flexibility index (Phi) is 6.80. The fraction of sp³-hybridized carbons (Fsp3) is 0.833. The van der Waals surface area contributed by atoms with Crippen LogP contribution in [-0.2, 0) is 9.59 Å². The van der Waals surface area contributed by atoms with Crippen molar-refractivity contribution in [1.82, 2.24) is 15.5 Å². The van der Waals surface area contributed by atoms with E-state index in [1.165, 1.54) is 0 Å². The van der Waals surface area contributed by atoms with Gasteiger partial charge < -0.3 is 10.6 Å². The van der Waals surface area contributed by atoms with Gasteiger partial charge in [0.1, 0.15) is 0 Å². The third-order valence-corrected chi connectivity index (χ3v) is 2.07. The van der Waals surface area contributed by atoms with Crippen LogP contribution in [0.4, 0.5) is 0 Å². The van der Waals surface area contributed by atoms with E-state index in [0.29, 0.717) is 13.1 Å². The van der Waals surface area contributed by atoms with Crippen LogP contribution in [0.3, 0.4) is 0 Å². The third-order valence-electron chi connectivity index (χ3n) is 2.07. The lowest BCUT2D eigenvalue weighted by Gasteiger charge is -2.24. The zero-order valence-corrected chi connectivity index (χ0v) is 11.6. The molecule has 0 aromatic heterocycles. The van der Waals surface area contributed by atoms with E-state index in [4.69, 9.17) is 0 Å². The molecular formula is C12H25N3O2. The van der Waals surface area contributed by atoms with Crippen LogP contribution in [0.2, 0.25) is 0 Å². The van der Waals surface area contributed by atoms with Crippen LogP contribution in [0.25, 0.3) is 0 Å². The van der Waals surface area contributed by atoms with Gasteiger partial charge in [0, 0.05) is 12.1 Å². The Balaban J connectivity index is 4.13. The van der Waals surface area contributed by atoms with E-state index >= 15 is 0 Å². The maximum absolute atomic E-state index is 11.7. The molecule has 2 N–H and O–H groups in total. The van der Waals surface area contributed by atoms with Crippen LogP contribution >= 0.6 is 0 Å². The number of carbonyl (C=O) groups is 2. The minimum atomic E-state index is -0.234. The summed E-state index contributed by atoms with van der Waals surface area (Å²) in [6.45, 7) is 11.4. The van der Waals surface area contributed by atoms with Gasteiger partial charge in [-0.25, -0.2) is 0 Å². The Morgan fingerprint density at radius 1 is 1.06 bits per heavy atom. The topological polar surface area (TPSA) is 61.4 Å². The molecular weight excluding hydrogens is 218 g/mol. The molecule has 0 rings (SSSR count). The number of nitrogens with one attached hydrogen (secondary N) is 2. The van der Waals surface area contributed by atoms with Gasteiger partial charge in [0.2, 0.25) is 11.8 Å². The molecule has 2 amide bonds. The molecule has 5 nitrogen and oxygen atoms in total. The predicted octanol–water partition coefficient (Wildman–Crippen LogP) is 0.359. The number of rotatable bonds is 6. The molecule has 0 atom stereocenters. The fourth-order valence-corrected chi connectivity index (χ4v) is 1.40.